The zero-order chi connectivity index (χ0) is 13.1. The number of rotatable bonds is 1. The van der Waals surface area contributed by atoms with Crippen LogP contribution in [0.2, 0.25) is 0 Å². The van der Waals surface area contributed by atoms with Crippen LogP contribution >= 0.6 is 23.5 Å². The van der Waals surface area contributed by atoms with Crippen molar-refractivity contribution < 1.29 is 14.7 Å². The molecule has 0 aromatic heterocycles. The molecular formula is C11H18N2O3S2. The van der Waals surface area contributed by atoms with Gasteiger partial charge >= 0.3 is 12.0 Å². The summed E-state index contributed by atoms with van der Waals surface area (Å²) >= 11 is 3.46. The lowest BCUT2D eigenvalue weighted by Gasteiger charge is -2.39. The molecule has 2 amide bonds. The average Bonchev–Trinajstić information content (AvgIpc) is 2.38. The molecule has 0 spiro atoms. The molecule has 0 radical (unpaired) electrons. The monoisotopic (exact) mass is 290 g/mol. The second-order valence-corrected chi connectivity index (χ2v) is 7.23. The normalized spacial score (nSPS) is 29.2. The van der Waals surface area contributed by atoms with Gasteiger partial charge in [-0.15, -0.1) is 0 Å². The summed E-state index contributed by atoms with van der Waals surface area (Å²) in [5.41, 5.74) is 0. The number of carbonyl (C=O) groups is 2. The van der Waals surface area contributed by atoms with E-state index in [9.17, 15) is 14.7 Å². The summed E-state index contributed by atoms with van der Waals surface area (Å²) in [4.78, 5) is 26.9. The van der Waals surface area contributed by atoms with E-state index in [1.54, 1.807) is 16.7 Å². The summed E-state index contributed by atoms with van der Waals surface area (Å²) in [6, 6.07) is -0.768. The Bertz CT molecular complexity index is 340. The van der Waals surface area contributed by atoms with Gasteiger partial charge < -0.3 is 14.9 Å². The van der Waals surface area contributed by atoms with Crippen molar-refractivity contribution >= 4 is 35.5 Å². The summed E-state index contributed by atoms with van der Waals surface area (Å²) in [5, 5.41) is 9.61. The number of carbonyl (C=O) groups excluding carboxylic acids is 1. The minimum Gasteiger partial charge on any atom is -0.480 e. The Kier molecular flexibility index (Phi) is 4.66. The Morgan fingerprint density at radius 3 is 2.72 bits per heavy atom. The maximum Gasteiger partial charge on any atom is 0.327 e. The summed E-state index contributed by atoms with van der Waals surface area (Å²) in [6.45, 7) is 4.09. The van der Waals surface area contributed by atoms with Gasteiger partial charge in [0.25, 0.3) is 0 Å². The number of amides is 2. The van der Waals surface area contributed by atoms with Gasteiger partial charge in [0, 0.05) is 42.1 Å². The van der Waals surface area contributed by atoms with Gasteiger partial charge in [0.15, 0.2) is 0 Å². The molecule has 2 saturated heterocycles. The minimum atomic E-state index is -0.894. The van der Waals surface area contributed by atoms with Crippen LogP contribution in [0, 0.1) is 0 Å². The molecule has 1 N–H and O–H groups in total. The maximum atomic E-state index is 12.4. The second-order valence-electron chi connectivity index (χ2n) is 4.53. The van der Waals surface area contributed by atoms with Crippen molar-refractivity contribution in [3.8, 4) is 0 Å². The summed E-state index contributed by atoms with van der Waals surface area (Å²) in [6.07, 6.45) is 0. The number of urea groups is 1. The maximum absolute atomic E-state index is 12.4. The first-order valence-electron chi connectivity index (χ1n) is 6.07. The van der Waals surface area contributed by atoms with Crippen molar-refractivity contribution in [2.45, 2.75) is 18.2 Å². The zero-order valence-electron chi connectivity index (χ0n) is 10.4. The lowest BCUT2D eigenvalue weighted by atomic mass is 10.2. The zero-order valence-corrected chi connectivity index (χ0v) is 12.0. The highest BCUT2D eigenvalue weighted by molar-refractivity contribution is 8.00. The third-order valence-electron chi connectivity index (χ3n) is 3.17. The highest BCUT2D eigenvalue weighted by Crippen LogP contribution is 2.22. The summed E-state index contributed by atoms with van der Waals surface area (Å²) in [5.74, 6) is 1.37. The lowest BCUT2D eigenvalue weighted by Crippen LogP contribution is -2.56. The smallest absolute Gasteiger partial charge is 0.327 e. The molecule has 2 heterocycles. The van der Waals surface area contributed by atoms with Gasteiger partial charge in [-0.05, 0) is 0 Å². The van der Waals surface area contributed by atoms with Crippen LogP contribution in [-0.4, -0.2) is 75.1 Å². The third-order valence-corrected chi connectivity index (χ3v) is 5.33. The van der Waals surface area contributed by atoms with Crippen molar-refractivity contribution in [2.75, 3.05) is 36.9 Å². The van der Waals surface area contributed by atoms with Crippen LogP contribution in [0.25, 0.3) is 0 Å². The van der Waals surface area contributed by atoms with Crippen molar-refractivity contribution in [1.82, 2.24) is 9.80 Å². The van der Waals surface area contributed by atoms with Crippen LogP contribution in [0.5, 0.6) is 0 Å². The molecule has 0 aromatic rings. The Balaban J connectivity index is 2.03. The molecule has 0 saturated carbocycles. The Labute approximate surface area is 115 Å². The van der Waals surface area contributed by atoms with E-state index in [0.717, 1.165) is 24.6 Å². The van der Waals surface area contributed by atoms with E-state index >= 15 is 0 Å². The Morgan fingerprint density at radius 1 is 1.28 bits per heavy atom. The number of thioether (sulfide) groups is 2. The molecule has 0 aromatic carbocycles. The fraction of sp³-hybridized carbons (Fsp3) is 0.818. The van der Waals surface area contributed by atoms with Crippen molar-refractivity contribution in [3.05, 3.63) is 0 Å². The highest BCUT2D eigenvalue weighted by atomic mass is 32.2. The Hall–Kier alpha value is -0.560. The largest absolute Gasteiger partial charge is 0.480 e. The van der Waals surface area contributed by atoms with E-state index in [4.69, 9.17) is 0 Å². The molecule has 2 aliphatic heterocycles. The summed E-state index contributed by atoms with van der Waals surface area (Å²) < 4.78 is 0. The third kappa shape index (κ3) is 3.06. The van der Waals surface area contributed by atoms with Crippen LogP contribution in [0.1, 0.15) is 6.92 Å². The Morgan fingerprint density at radius 2 is 2.06 bits per heavy atom. The van der Waals surface area contributed by atoms with Gasteiger partial charge in [0.1, 0.15) is 6.04 Å². The van der Waals surface area contributed by atoms with Gasteiger partial charge in [-0.25, -0.2) is 9.59 Å². The van der Waals surface area contributed by atoms with Crippen molar-refractivity contribution in [1.29, 1.82) is 0 Å². The van der Waals surface area contributed by atoms with E-state index < -0.39 is 12.0 Å². The highest BCUT2D eigenvalue weighted by Gasteiger charge is 2.35. The van der Waals surface area contributed by atoms with Crippen LogP contribution < -0.4 is 0 Å². The summed E-state index contributed by atoms with van der Waals surface area (Å²) in [7, 11) is 0. The van der Waals surface area contributed by atoms with Crippen LogP contribution in [0.15, 0.2) is 0 Å². The lowest BCUT2D eigenvalue weighted by molar-refractivity contribution is -0.141. The molecule has 18 heavy (non-hydrogen) atoms. The molecule has 2 unspecified atom stereocenters. The molecule has 7 heteroatoms. The second kappa shape index (κ2) is 6.06. The number of nitrogens with zero attached hydrogens (tertiary/aromatic N) is 2. The minimum absolute atomic E-state index is 0.102. The number of hydrogen-bond donors (Lipinski definition) is 1. The van der Waals surface area contributed by atoms with Gasteiger partial charge in [0.05, 0.1) is 0 Å². The molecule has 2 fully saturated rings. The molecular weight excluding hydrogens is 272 g/mol. The molecule has 5 nitrogen and oxygen atoms in total. The SMILES string of the molecule is CC1CN(C(=O)N2CCSCC2C(=O)O)CCS1. The molecule has 2 rings (SSSR count). The molecule has 0 bridgehead atoms. The predicted molar refractivity (Wildman–Crippen MR) is 74.3 cm³/mol. The fourth-order valence-electron chi connectivity index (χ4n) is 2.21. The number of hydrogen-bond acceptors (Lipinski definition) is 4. The molecule has 102 valence electrons. The quantitative estimate of drug-likeness (QED) is 0.782. The van der Waals surface area contributed by atoms with E-state index in [2.05, 4.69) is 6.92 Å². The number of carboxylic acids is 1. The fourth-order valence-corrected chi connectivity index (χ4v) is 4.26. The van der Waals surface area contributed by atoms with E-state index in [-0.39, 0.29) is 6.03 Å². The van der Waals surface area contributed by atoms with Gasteiger partial charge in [0.2, 0.25) is 0 Å². The van der Waals surface area contributed by atoms with E-state index in [1.807, 2.05) is 11.8 Å². The molecule has 2 atom stereocenters. The van der Waals surface area contributed by atoms with Crippen molar-refractivity contribution in [2.24, 2.45) is 0 Å². The first kappa shape index (κ1) is 13.9. The van der Waals surface area contributed by atoms with E-state index in [1.165, 1.54) is 4.90 Å². The topological polar surface area (TPSA) is 60.9 Å². The standard InChI is InChI=1S/C11H18N2O3S2/c1-8-6-12(2-5-18-8)11(16)13-3-4-17-7-9(13)10(14)15/h8-9H,2-7H2,1H3,(H,14,15). The number of aliphatic carboxylic acids is 1. The van der Waals surface area contributed by atoms with Crippen LogP contribution in [0.3, 0.4) is 0 Å². The predicted octanol–water partition coefficient (Wildman–Crippen LogP) is 1.05. The van der Waals surface area contributed by atoms with E-state index in [0.29, 0.717) is 17.5 Å². The van der Waals surface area contributed by atoms with Crippen molar-refractivity contribution in [3.63, 3.8) is 0 Å². The number of carboxylic acid groups (broad SMARTS) is 1. The molecule has 0 aliphatic carbocycles. The van der Waals surface area contributed by atoms with Gasteiger partial charge in [-0.2, -0.15) is 23.5 Å². The first-order chi connectivity index (χ1) is 8.59. The van der Waals surface area contributed by atoms with Crippen LogP contribution in [-0.2, 0) is 4.79 Å². The van der Waals surface area contributed by atoms with Crippen LogP contribution in [0.4, 0.5) is 4.79 Å². The van der Waals surface area contributed by atoms with Gasteiger partial charge in [-0.3, -0.25) is 0 Å². The molecule has 2 aliphatic rings. The van der Waals surface area contributed by atoms with Gasteiger partial charge in [-0.1, -0.05) is 6.92 Å². The first-order valence-corrected chi connectivity index (χ1v) is 8.27. The average molecular weight is 290 g/mol.